The van der Waals surface area contributed by atoms with Gasteiger partial charge in [-0.25, -0.2) is 9.59 Å². The fourth-order valence-corrected chi connectivity index (χ4v) is 1.78. The topological polar surface area (TPSA) is 98.7 Å². The van der Waals surface area contributed by atoms with Crippen molar-refractivity contribution in [1.29, 1.82) is 0 Å². The Bertz CT molecular complexity index is 319. The highest BCUT2D eigenvalue weighted by Crippen LogP contribution is 2.16. The van der Waals surface area contributed by atoms with Crippen molar-refractivity contribution >= 4 is 17.9 Å². The van der Waals surface area contributed by atoms with Crippen LogP contribution >= 0.6 is 0 Å². The van der Waals surface area contributed by atoms with Crippen LogP contribution in [-0.2, 0) is 9.59 Å². The third-order valence-electron chi connectivity index (χ3n) is 2.57. The van der Waals surface area contributed by atoms with Crippen molar-refractivity contribution in [3.63, 3.8) is 0 Å². The summed E-state index contributed by atoms with van der Waals surface area (Å²) in [5.74, 6) is -1.14. The third kappa shape index (κ3) is 3.93. The second-order valence-corrected chi connectivity index (χ2v) is 3.90. The van der Waals surface area contributed by atoms with Crippen molar-refractivity contribution in [3.8, 4) is 0 Å². The van der Waals surface area contributed by atoms with Crippen molar-refractivity contribution in [2.24, 2.45) is 0 Å². The minimum absolute atomic E-state index is 0.163. The van der Waals surface area contributed by atoms with E-state index in [-0.39, 0.29) is 11.9 Å². The van der Waals surface area contributed by atoms with E-state index in [1.807, 2.05) is 0 Å². The zero-order chi connectivity index (χ0) is 12.8. The molecule has 0 aromatic carbocycles. The molecule has 0 radical (unpaired) electrons. The Kier molecular flexibility index (Phi) is 4.74. The predicted molar refractivity (Wildman–Crippen MR) is 59.4 cm³/mol. The SMILES string of the molecule is CC(=O)NCCNC(=O)N1CCCC1C(=O)O. The zero-order valence-electron chi connectivity index (χ0n) is 9.73. The number of hydrogen-bond acceptors (Lipinski definition) is 3. The van der Waals surface area contributed by atoms with Gasteiger partial charge in [-0.2, -0.15) is 0 Å². The minimum atomic E-state index is -0.973. The number of nitrogens with zero attached hydrogens (tertiary/aromatic N) is 1. The van der Waals surface area contributed by atoms with Gasteiger partial charge >= 0.3 is 12.0 Å². The first-order valence-electron chi connectivity index (χ1n) is 5.54. The molecule has 3 N–H and O–H groups in total. The molecule has 0 saturated carbocycles. The molecule has 0 bridgehead atoms. The van der Waals surface area contributed by atoms with E-state index in [0.717, 1.165) is 0 Å². The maximum atomic E-state index is 11.6. The van der Waals surface area contributed by atoms with Crippen molar-refractivity contribution in [1.82, 2.24) is 15.5 Å². The molecule has 0 aromatic heterocycles. The highest BCUT2D eigenvalue weighted by Gasteiger charge is 2.33. The number of carboxylic acids is 1. The van der Waals surface area contributed by atoms with Crippen LogP contribution in [0.1, 0.15) is 19.8 Å². The lowest BCUT2D eigenvalue weighted by molar-refractivity contribution is -0.141. The number of nitrogens with one attached hydrogen (secondary N) is 2. The Morgan fingerprint density at radius 1 is 1.29 bits per heavy atom. The van der Waals surface area contributed by atoms with Crippen LogP contribution < -0.4 is 10.6 Å². The maximum Gasteiger partial charge on any atom is 0.326 e. The first-order valence-corrected chi connectivity index (χ1v) is 5.54. The van der Waals surface area contributed by atoms with Gasteiger partial charge in [0.05, 0.1) is 0 Å². The Hall–Kier alpha value is -1.79. The molecule has 1 atom stereocenters. The molecular weight excluding hydrogens is 226 g/mol. The summed E-state index contributed by atoms with van der Waals surface area (Å²) in [5, 5.41) is 14.0. The summed E-state index contributed by atoms with van der Waals surface area (Å²) in [6, 6.07) is -1.11. The van der Waals surface area contributed by atoms with Crippen molar-refractivity contribution in [2.75, 3.05) is 19.6 Å². The second-order valence-electron chi connectivity index (χ2n) is 3.90. The van der Waals surface area contributed by atoms with Crippen LogP contribution in [0.15, 0.2) is 0 Å². The van der Waals surface area contributed by atoms with Crippen molar-refractivity contribution < 1.29 is 19.5 Å². The van der Waals surface area contributed by atoms with E-state index in [1.54, 1.807) is 0 Å². The molecule has 1 unspecified atom stereocenters. The van der Waals surface area contributed by atoms with E-state index in [0.29, 0.717) is 32.5 Å². The molecule has 17 heavy (non-hydrogen) atoms. The molecule has 3 amide bonds. The molecule has 1 fully saturated rings. The summed E-state index contributed by atoms with van der Waals surface area (Å²) in [7, 11) is 0. The molecule has 1 rings (SSSR count). The van der Waals surface area contributed by atoms with E-state index in [4.69, 9.17) is 5.11 Å². The molecule has 0 spiro atoms. The number of carboxylic acid groups (broad SMARTS) is 1. The largest absolute Gasteiger partial charge is 0.480 e. The molecule has 1 aliphatic rings. The van der Waals surface area contributed by atoms with E-state index in [1.165, 1.54) is 11.8 Å². The quantitative estimate of drug-likeness (QED) is 0.573. The number of carbonyl (C=O) groups excluding carboxylic acids is 2. The number of amides is 3. The molecule has 0 aromatic rings. The Morgan fingerprint density at radius 3 is 2.53 bits per heavy atom. The van der Waals surface area contributed by atoms with Crippen LogP contribution in [-0.4, -0.2) is 53.6 Å². The number of likely N-dealkylation sites (tertiary alicyclic amines) is 1. The average Bonchev–Trinajstić information content (AvgIpc) is 2.72. The zero-order valence-corrected chi connectivity index (χ0v) is 9.73. The van der Waals surface area contributed by atoms with E-state index in [2.05, 4.69) is 10.6 Å². The summed E-state index contributed by atoms with van der Waals surface area (Å²) >= 11 is 0. The highest BCUT2D eigenvalue weighted by molar-refractivity contribution is 5.83. The van der Waals surface area contributed by atoms with Gasteiger partial charge in [0, 0.05) is 26.6 Å². The van der Waals surface area contributed by atoms with Gasteiger partial charge in [-0.15, -0.1) is 0 Å². The van der Waals surface area contributed by atoms with E-state index < -0.39 is 12.0 Å². The molecule has 1 heterocycles. The Balaban J connectivity index is 2.32. The lowest BCUT2D eigenvalue weighted by atomic mass is 10.2. The number of hydrogen-bond donors (Lipinski definition) is 3. The van der Waals surface area contributed by atoms with Gasteiger partial charge < -0.3 is 20.6 Å². The number of rotatable bonds is 4. The van der Waals surface area contributed by atoms with Crippen LogP contribution in [0.5, 0.6) is 0 Å². The maximum absolute atomic E-state index is 11.6. The summed E-state index contributed by atoms with van der Waals surface area (Å²) in [4.78, 5) is 34.4. The standard InChI is InChI=1S/C10H17N3O4/c1-7(14)11-4-5-12-10(17)13-6-2-3-8(13)9(15)16/h8H,2-6H2,1H3,(H,11,14)(H,12,17)(H,15,16). The summed E-state index contributed by atoms with van der Waals surface area (Å²) in [6.45, 7) is 2.49. The van der Waals surface area contributed by atoms with Gasteiger partial charge in [-0.05, 0) is 12.8 Å². The number of carbonyl (C=O) groups is 3. The first kappa shape index (κ1) is 13.3. The summed E-state index contributed by atoms with van der Waals surface area (Å²) < 4.78 is 0. The van der Waals surface area contributed by atoms with Gasteiger partial charge in [0.1, 0.15) is 6.04 Å². The average molecular weight is 243 g/mol. The third-order valence-corrected chi connectivity index (χ3v) is 2.57. The molecule has 7 heteroatoms. The van der Waals surface area contributed by atoms with E-state index >= 15 is 0 Å². The van der Waals surface area contributed by atoms with Gasteiger partial charge in [-0.1, -0.05) is 0 Å². The van der Waals surface area contributed by atoms with Gasteiger partial charge in [0.25, 0.3) is 0 Å². The molecule has 1 aliphatic heterocycles. The van der Waals surface area contributed by atoms with Gasteiger partial charge in [-0.3, -0.25) is 4.79 Å². The normalized spacial score (nSPS) is 18.9. The highest BCUT2D eigenvalue weighted by atomic mass is 16.4. The molecular formula is C10H17N3O4. The molecule has 7 nitrogen and oxygen atoms in total. The lowest BCUT2D eigenvalue weighted by Crippen LogP contribution is -2.47. The Labute approximate surface area is 99.2 Å². The fraction of sp³-hybridized carbons (Fsp3) is 0.700. The monoisotopic (exact) mass is 243 g/mol. The van der Waals surface area contributed by atoms with E-state index in [9.17, 15) is 14.4 Å². The summed E-state index contributed by atoms with van der Waals surface area (Å²) in [5.41, 5.74) is 0. The molecule has 96 valence electrons. The number of aliphatic carboxylic acids is 1. The van der Waals surface area contributed by atoms with Crippen LogP contribution in [0.25, 0.3) is 0 Å². The first-order chi connectivity index (χ1) is 8.02. The molecule has 0 aliphatic carbocycles. The van der Waals surface area contributed by atoms with Crippen LogP contribution in [0.2, 0.25) is 0 Å². The van der Waals surface area contributed by atoms with Crippen LogP contribution in [0.3, 0.4) is 0 Å². The van der Waals surface area contributed by atoms with Crippen molar-refractivity contribution in [3.05, 3.63) is 0 Å². The second kappa shape index (κ2) is 6.07. The molecule has 1 saturated heterocycles. The lowest BCUT2D eigenvalue weighted by Gasteiger charge is -2.21. The smallest absolute Gasteiger partial charge is 0.326 e. The minimum Gasteiger partial charge on any atom is -0.480 e. The van der Waals surface area contributed by atoms with Crippen molar-refractivity contribution in [2.45, 2.75) is 25.8 Å². The fourth-order valence-electron chi connectivity index (χ4n) is 1.78. The van der Waals surface area contributed by atoms with Crippen LogP contribution in [0.4, 0.5) is 4.79 Å². The van der Waals surface area contributed by atoms with Gasteiger partial charge in [0.2, 0.25) is 5.91 Å². The summed E-state index contributed by atoms with van der Waals surface area (Å²) in [6.07, 6.45) is 1.20. The van der Waals surface area contributed by atoms with Gasteiger partial charge in [0.15, 0.2) is 0 Å². The number of urea groups is 1. The predicted octanol–water partition coefficient (Wildman–Crippen LogP) is -0.619. The van der Waals surface area contributed by atoms with Crippen LogP contribution in [0, 0.1) is 0 Å². The Morgan fingerprint density at radius 2 is 1.94 bits per heavy atom.